The Bertz CT molecular complexity index is 270. The van der Waals surface area contributed by atoms with Crippen LogP contribution in [0.3, 0.4) is 0 Å². The Morgan fingerprint density at radius 3 is 2.58 bits per heavy atom. The third kappa shape index (κ3) is 4.77. The van der Waals surface area contributed by atoms with Crippen molar-refractivity contribution in [3.05, 3.63) is 0 Å². The molecule has 0 bridgehead atoms. The first kappa shape index (κ1) is 16.4. The maximum absolute atomic E-state index is 11.5. The predicted molar refractivity (Wildman–Crippen MR) is 76.3 cm³/mol. The van der Waals surface area contributed by atoms with E-state index in [9.17, 15) is 9.90 Å². The summed E-state index contributed by atoms with van der Waals surface area (Å²) in [5.41, 5.74) is 0. The second-order valence-electron chi connectivity index (χ2n) is 5.42. The number of carboxylic acids is 1. The van der Waals surface area contributed by atoms with Crippen LogP contribution in [0.25, 0.3) is 0 Å². The fourth-order valence-corrected chi connectivity index (χ4v) is 3.18. The van der Waals surface area contributed by atoms with Crippen molar-refractivity contribution < 1.29 is 14.6 Å². The average molecular weight is 271 g/mol. The molecule has 0 spiro atoms. The van der Waals surface area contributed by atoms with Gasteiger partial charge in [-0.3, -0.25) is 9.69 Å². The molecule has 0 aliphatic heterocycles. The molecular formula is C15H29NO3. The molecule has 1 fully saturated rings. The fraction of sp³-hybridized carbons (Fsp3) is 0.933. The van der Waals surface area contributed by atoms with E-state index in [1.54, 1.807) is 0 Å². The van der Waals surface area contributed by atoms with Crippen molar-refractivity contribution in [3.8, 4) is 0 Å². The van der Waals surface area contributed by atoms with Crippen molar-refractivity contribution >= 4 is 5.97 Å². The summed E-state index contributed by atoms with van der Waals surface area (Å²) >= 11 is 0. The van der Waals surface area contributed by atoms with Crippen molar-refractivity contribution in [3.63, 3.8) is 0 Å². The molecule has 1 N–H and O–H groups in total. The maximum Gasteiger partial charge on any atom is 0.308 e. The second kappa shape index (κ2) is 8.54. The highest BCUT2D eigenvalue weighted by molar-refractivity contribution is 5.71. The first-order chi connectivity index (χ1) is 9.13. The van der Waals surface area contributed by atoms with Gasteiger partial charge in [0.15, 0.2) is 0 Å². The molecule has 0 heterocycles. The third-order valence-corrected chi connectivity index (χ3v) is 4.42. The van der Waals surface area contributed by atoms with Crippen molar-refractivity contribution in [1.82, 2.24) is 4.90 Å². The number of hydrogen-bond donors (Lipinski definition) is 1. The van der Waals surface area contributed by atoms with Gasteiger partial charge in [0, 0.05) is 19.2 Å². The summed E-state index contributed by atoms with van der Waals surface area (Å²) < 4.78 is 5.42. The molecule has 1 aliphatic carbocycles. The minimum absolute atomic E-state index is 0.182. The Balaban J connectivity index is 2.66. The average Bonchev–Trinajstić information content (AvgIpc) is 2.43. The highest BCUT2D eigenvalue weighted by Crippen LogP contribution is 2.34. The van der Waals surface area contributed by atoms with E-state index >= 15 is 0 Å². The fourth-order valence-electron chi connectivity index (χ4n) is 3.18. The van der Waals surface area contributed by atoms with Gasteiger partial charge in [-0.1, -0.05) is 20.3 Å². The van der Waals surface area contributed by atoms with Crippen LogP contribution in [0.1, 0.15) is 46.5 Å². The molecule has 3 unspecified atom stereocenters. The van der Waals surface area contributed by atoms with Crippen LogP contribution in [0.15, 0.2) is 0 Å². The van der Waals surface area contributed by atoms with Gasteiger partial charge in [0.25, 0.3) is 0 Å². The molecule has 1 saturated carbocycles. The van der Waals surface area contributed by atoms with Gasteiger partial charge >= 0.3 is 5.97 Å². The van der Waals surface area contributed by atoms with Crippen LogP contribution in [0.2, 0.25) is 0 Å². The van der Waals surface area contributed by atoms with Crippen LogP contribution in [-0.2, 0) is 9.53 Å². The van der Waals surface area contributed by atoms with Crippen LogP contribution >= 0.6 is 0 Å². The summed E-state index contributed by atoms with van der Waals surface area (Å²) in [5, 5.41) is 9.43. The Hall–Kier alpha value is -0.610. The summed E-state index contributed by atoms with van der Waals surface area (Å²) in [7, 11) is 0. The summed E-state index contributed by atoms with van der Waals surface area (Å²) in [6.07, 6.45) is 4.07. The molecule has 112 valence electrons. The number of likely N-dealkylation sites (N-methyl/N-ethyl adjacent to an activating group) is 1. The van der Waals surface area contributed by atoms with E-state index < -0.39 is 5.97 Å². The smallest absolute Gasteiger partial charge is 0.308 e. The standard InChI is InChI=1S/C15H29NO3/c1-4-12-7-8-13(15(17)18)14(11-12)16(5-2)9-10-19-6-3/h12-14H,4-11H2,1-3H3,(H,17,18). The number of carboxylic acid groups (broad SMARTS) is 1. The molecule has 0 amide bonds. The summed E-state index contributed by atoms with van der Waals surface area (Å²) in [6, 6.07) is 0.182. The molecule has 3 atom stereocenters. The lowest BCUT2D eigenvalue weighted by atomic mass is 9.76. The largest absolute Gasteiger partial charge is 0.481 e. The van der Waals surface area contributed by atoms with E-state index in [1.165, 1.54) is 0 Å². The zero-order valence-corrected chi connectivity index (χ0v) is 12.6. The van der Waals surface area contributed by atoms with Crippen molar-refractivity contribution in [2.75, 3.05) is 26.3 Å². The summed E-state index contributed by atoms with van der Waals surface area (Å²) in [6.45, 7) is 9.48. The Labute approximate surface area is 117 Å². The van der Waals surface area contributed by atoms with Gasteiger partial charge in [0.1, 0.15) is 0 Å². The van der Waals surface area contributed by atoms with Gasteiger partial charge in [-0.2, -0.15) is 0 Å². The second-order valence-corrected chi connectivity index (χ2v) is 5.42. The molecular weight excluding hydrogens is 242 g/mol. The number of aliphatic carboxylic acids is 1. The van der Waals surface area contributed by atoms with Crippen LogP contribution in [0, 0.1) is 11.8 Å². The molecule has 4 heteroatoms. The zero-order valence-electron chi connectivity index (χ0n) is 12.6. The number of rotatable bonds is 8. The van der Waals surface area contributed by atoms with Crippen molar-refractivity contribution in [2.45, 2.75) is 52.5 Å². The number of ether oxygens (including phenoxy) is 1. The van der Waals surface area contributed by atoms with Crippen LogP contribution in [-0.4, -0.2) is 48.3 Å². The molecule has 19 heavy (non-hydrogen) atoms. The van der Waals surface area contributed by atoms with Crippen LogP contribution < -0.4 is 0 Å². The number of hydrogen-bond acceptors (Lipinski definition) is 3. The first-order valence-corrected chi connectivity index (χ1v) is 7.68. The molecule has 1 aliphatic rings. The van der Waals surface area contributed by atoms with E-state index in [0.717, 1.165) is 45.4 Å². The van der Waals surface area contributed by atoms with Crippen LogP contribution in [0.4, 0.5) is 0 Å². The Morgan fingerprint density at radius 2 is 2.05 bits per heavy atom. The van der Waals surface area contributed by atoms with E-state index in [4.69, 9.17) is 4.74 Å². The lowest BCUT2D eigenvalue weighted by molar-refractivity contribution is -0.146. The normalized spacial score (nSPS) is 27.7. The van der Waals surface area contributed by atoms with E-state index in [-0.39, 0.29) is 12.0 Å². The van der Waals surface area contributed by atoms with Crippen molar-refractivity contribution in [2.24, 2.45) is 11.8 Å². The Morgan fingerprint density at radius 1 is 1.32 bits per heavy atom. The minimum Gasteiger partial charge on any atom is -0.481 e. The van der Waals surface area contributed by atoms with Gasteiger partial charge in [-0.25, -0.2) is 0 Å². The van der Waals surface area contributed by atoms with Gasteiger partial charge in [0.05, 0.1) is 12.5 Å². The molecule has 0 radical (unpaired) electrons. The van der Waals surface area contributed by atoms with Gasteiger partial charge in [-0.15, -0.1) is 0 Å². The molecule has 0 aromatic rings. The molecule has 4 nitrogen and oxygen atoms in total. The van der Waals surface area contributed by atoms with Gasteiger partial charge < -0.3 is 9.84 Å². The molecule has 0 aromatic carbocycles. The number of carbonyl (C=O) groups is 1. The van der Waals surface area contributed by atoms with E-state index in [2.05, 4.69) is 18.7 Å². The zero-order chi connectivity index (χ0) is 14.3. The lowest BCUT2D eigenvalue weighted by Gasteiger charge is -2.40. The highest BCUT2D eigenvalue weighted by atomic mass is 16.5. The van der Waals surface area contributed by atoms with Crippen molar-refractivity contribution in [1.29, 1.82) is 0 Å². The SMILES string of the molecule is CCOCCN(CC)C1CC(CC)CCC1C(=O)O. The number of nitrogens with zero attached hydrogens (tertiary/aromatic N) is 1. The molecule has 0 aromatic heterocycles. The summed E-state index contributed by atoms with van der Waals surface area (Å²) in [4.78, 5) is 13.8. The van der Waals surface area contributed by atoms with E-state index in [0.29, 0.717) is 12.5 Å². The Kier molecular flexibility index (Phi) is 7.39. The summed E-state index contributed by atoms with van der Waals surface area (Å²) in [5.74, 6) is -0.152. The lowest BCUT2D eigenvalue weighted by Crippen LogP contribution is -2.48. The van der Waals surface area contributed by atoms with Gasteiger partial charge in [0.2, 0.25) is 0 Å². The maximum atomic E-state index is 11.5. The van der Waals surface area contributed by atoms with Crippen LogP contribution in [0.5, 0.6) is 0 Å². The van der Waals surface area contributed by atoms with E-state index in [1.807, 2.05) is 6.92 Å². The predicted octanol–water partition coefficient (Wildman–Crippen LogP) is 2.62. The minimum atomic E-state index is -0.630. The first-order valence-electron chi connectivity index (χ1n) is 7.68. The quantitative estimate of drug-likeness (QED) is 0.689. The third-order valence-electron chi connectivity index (χ3n) is 4.42. The highest BCUT2D eigenvalue weighted by Gasteiger charge is 2.37. The topological polar surface area (TPSA) is 49.8 Å². The molecule has 0 saturated heterocycles. The monoisotopic (exact) mass is 271 g/mol. The van der Waals surface area contributed by atoms with Gasteiger partial charge in [-0.05, 0) is 38.6 Å². The molecule has 1 rings (SSSR count).